The Morgan fingerprint density at radius 2 is 1.95 bits per heavy atom. The summed E-state index contributed by atoms with van der Waals surface area (Å²) < 4.78 is 25.7. The third kappa shape index (κ3) is 4.77. The molecule has 2 rings (SSSR count). The van der Waals surface area contributed by atoms with Crippen molar-refractivity contribution in [2.45, 2.75) is 58.0 Å². The minimum atomic E-state index is -0.180. The average Bonchev–Trinajstić information content (AvgIpc) is 2.43. The van der Waals surface area contributed by atoms with Crippen LogP contribution in [0.1, 0.15) is 45.2 Å². The van der Waals surface area contributed by atoms with Crippen LogP contribution in [0.4, 0.5) is 4.39 Å². The number of likely N-dealkylation sites (N-methyl/N-ethyl adjacent to an activating group) is 1. The van der Waals surface area contributed by atoms with E-state index in [-0.39, 0.29) is 30.2 Å². The van der Waals surface area contributed by atoms with Gasteiger partial charge in [-0.2, -0.15) is 0 Å². The van der Waals surface area contributed by atoms with Gasteiger partial charge >= 0.3 is 0 Å². The highest BCUT2D eigenvalue weighted by Gasteiger charge is 2.26. The zero-order valence-corrected chi connectivity index (χ0v) is 13.1. The van der Waals surface area contributed by atoms with E-state index in [1.165, 1.54) is 6.07 Å². The Bertz CT molecular complexity index is 431. The summed E-state index contributed by atoms with van der Waals surface area (Å²) in [4.78, 5) is 0. The molecule has 3 atom stereocenters. The van der Waals surface area contributed by atoms with Gasteiger partial charge in [0.05, 0.1) is 31.0 Å². The van der Waals surface area contributed by atoms with E-state index in [1.807, 2.05) is 19.1 Å². The van der Waals surface area contributed by atoms with Crippen LogP contribution in [-0.4, -0.2) is 31.5 Å². The number of hydrogen-bond donors (Lipinski definition) is 1. The van der Waals surface area contributed by atoms with Crippen LogP contribution < -0.4 is 5.32 Å². The minimum absolute atomic E-state index is 0.107. The molecule has 1 saturated heterocycles. The van der Waals surface area contributed by atoms with Gasteiger partial charge in [0.25, 0.3) is 0 Å². The van der Waals surface area contributed by atoms with Crippen molar-refractivity contribution < 1.29 is 13.9 Å². The molecule has 21 heavy (non-hydrogen) atoms. The van der Waals surface area contributed by atoms with Gasteiger partial charge in [0, 0.05) is 5.56 Å². The molecule has 1 fully saturated rings. The second-order valence-corrected chi connectivity index (χ2v) is 5.82. The van der Waals surface area contributed by atoms with E-state index in [2.05, 4.69) is 19.2 Å². The zero-order chi connectivity index (χ0) is 15.2. The van der Waals surface area contributed by atoms with Gasteiger partial charge in [-0.25, -0.2) is 4.39 Å². The van der Waals surface area contributed by atoms with Gasteiger partial charge in [-0.1, -0.05) is 25.1 Å². The van der Waals surface area contributed by atoms with Crippen molar-refractivity contribution in [3.8, 4) is 0 Å². The molecule has 4 heteroatoms. The smallest absolute Gasteiger partial charge is 0.128 e. The molecule has 0 saturated carbocycles. The summed E-state index contributed by atoms with van der Waals surface area (Å²) in [5, 5.41) is 3.31. The van der Waals surface area contributed by atoms with Gasteiger partial charge in [0.1, 0.15) is 5.82 Å². The summed E-state index contributed by atoms with van der Waals surface area (Å²) in [6, 6.07) is 6.79. The predicted octanol–water partition coefficient (Wildman–Crippen LogP) is 3.45. The average molecular weight is 295 g/mol. The van der Waals surface area contributed by atoms with Gasteiger partial charge in [-0.15, -0.1) is 0 Å². The van der Waals surface area contributed by atoms with Crippen LogP contribution in [-0.2, 0) is 9.47 Å². The van der Waals surface area contributed by atoms with Crippen molar-refractivity contribution in [3.05, 3.63) is 35.6 Å². The van der Waals surface area contributed by atoms with Gasteiger partial charge in [-0.05, 0) is 39.3 Å². The molecule has 1 aromatic carbocycles. The van der Waals surface area contributed by atoms with E-state index >= 15 is 0 Å². The fourth-order valence-electron chi connectivity index (χ4n) is 2.98. The van der Waals surface area contributed by atoms with E-state index in [1.54, 1.807) is 6.07 Å². The predicted molar refractivity (Wildman–Crippen MR) is 81.8 cm³/mol. The highest BCUT2D eigenvalue weighted by Crippen LogP contribution is 2.24. The van der Waals surface area contributed by atoms with Crippen LogP contribution in [0.2, 0.25) is 0 Å². The summed E-state index contributed by atoms with van der Waals surface area (Å²) in [6.45, 7) is 7.43. The normalized spacial score (nSPS) is 27.5. The SMILES string of the molecule is CCNC(COC1CC(C)OC(C)C1)c1ccccc1F. The van der Waals surface area contributed by atoms with Gasteiger partial charge in [0.15, 0.2) is 0 Å². The number of halogens is 1. The van der Waals surface area contributed by atoms with Gasteiger partial charge in [0.2, 0.25) is 0 Å². The van der Waals surface area contributed by atoms with Gasteiger partial charge < -0.3 is 14.8 Å². The van der Waals surface area contributed by atoms with E-state index < -0.39 is 0 Å². The Labute approximate surface area is 126 Å². The first-order valence-corrected chi connectivity index (χ1v) is 7.85. The molecule has 0 spiro atoms. The summed E-state index contributed by atoms with van der Waals surface area (Å²) in [5.74, 6) is -0.180. The van der Waals surface area contributed by atoms with Crippen LogP contribution in [0.5, 0.6) is 0 Å². The quantitative estimate of drug-likeness (QED) is 0.872. The molecule has 3 nitrogen and oxygen atoms in total. The fourth-order valence-corrected chi connectivity index (χ4v) is 2.98. The molecule has 0 amide bonds. The maximum absolute atomic E-state index is 13.9. The van der Waals surface area contributed by atoms with Crippen molar-refractivity contribution in [3.63, 3.8) is 0 Å². The van der Waals surface area contributed by atoms with Gasteiger partial charge in [-0.3, -0.25) is 0 Å². The second-order valence-electron chi connectivity index (χ2n) is 5.82. The highest BCUT2D eigenvalue weighted by atomic mass is 19.1. The Hall–Kier alpha value is -0.970. The molecular weight excluding hydrogens is 269 g/mol. The Morgan fingerprint density at radius 3 is 2.57 bits per heavy atom. The third-order valence-electron chi connectivity index (χ3n) is 3.88. The van der Waals surface area contributed by atoms with Crippen molar-refractivity contribution in [1.29, 1.82) is 0 Å². The first-order valence-electron chi connectivity index (χ1n) is 7.85. The van der Waals surface area contributed by atoms with Crippen LogP contribution in [0.25, 0.3) is 0 Å². The first-order chi connectivity index (χ1) is 10.1. The highest BCUT2D eigenvalue weighted by molar-refractivity contribution is 5.21. The van der Waals surface area contributed by atoms with Crippen LogP contribution in [0.15, 0.2) is 24.3 Å². The van der Waals surface area contributed by atoms with E-state index in [9.17, 15) is 4.39 Å². The van der Waals surface area contributed by atoms with Crippen molar-refractivity contribution in [2.24, 2.45) is 0 Å². The molecule has 1 aliphatic rings. The van der Waals surface area contributed by atoms with Crippen molar-refractivity contribution in [2.75, 3.05) is 13.2 Å². The van der Waals surface area contributed by atoms with Crippen LogP contribution in [0.3, 0.4) is 0 Å². The molecular formula is C17H26FNO2. The van der Waals surface area contributed by atoms with Crippen molar-refractivity contribution in [1.82, 2.24) is 5.32 Å². The molecule has 1 aliphatic heterocycles. The maximum atomic E-state index is 13.9. The molecule has 3 unspecified atom stereocenters. The minimum Gasteiger partial charge on any atom is -0.376 e. The summed E-state index contributed by atoms with van der Waals surface area (Å²) in [7, 11) is 0. The molecule has 1 N–H and O–H groups in total. The Morgan fingerprint density at radius 1 is 1.29 bits per heavy atom. The third-order valence-corrected chi connectivity index (χ3v) is 3.88. The number of rotatable bonds is 6. The van der Waals surface area contributed by atoms with Crippen molar-refractivity contribution >= 4 is 0 Å². The first kappa shape index (κ1) is 16.4. The molecule has 0 aliphatic carbocycles. The molecule has 1 heterocycles. The molecule has 0 aromatic heterocycles. The lowest BCUT2D eigenvalue weighted by atomic mass is 10.0. The summed E-state index contributed by atoms with van der Waals surface area (Å²) in [5.41, 5.74) is 0.674. The Kier molecular flexibility index (Phi) is 6.15. The van der Waals surface area contributed by atoms with E-state index in [4.69, 9.17) is 9.47 Å². The Balaban J connectivity index is 1.96. The lowest BCUT2D eigenvalue weighted by molar-refractivity contribution is -0.104. The maximum Gasteiger partial charge on any atom is 0.128 e. The molecule has 0 radical (unpaired) electrons. The van der Waals surface area contributed by atoms with E-state index in [0.29, 0.717) is 12.2 Å². The monoisotopic (exact) mass is 295 g/mol. The van der Waals surface area contributed by atoms with Crippen LogP contribution >= 0.6 is 0 Å². The molecule has 118 valence electrons. The topological polar surface area (TPSA) is 30.5 Å². The molecule has 1 aromatic rings. The summed E-state index contributed by atoms with van der Waals surface area (Å²) >= 11 is 0. The zero-order valence-electron chi connectivity index (χ0n) is 13.1. The lowest BCUT2D eigenvalue weighted by Crippen LogP contribution is -2.36. The van der Waals surface area contributed by atoms with E-state index in [0.717, 1.165) is 19.4 Å². The lowest BCUT2D eigenvalue weighted by Gasteiger charge is -2.33. The fraction of sp³-hybridized carbons (Fsp3) is 0.647. The van der Waals surface area contributed by atoms with Crippen LogP contribution in [0, 0.1) is 5.82 Å². The number of benzene rings is 1. The molecule has 0 bridgehead atoms. The largest absolute Gasteiger partial charge is 0.376 e. The number of hydrogen-bond acceptors (Lipinski definition) is 3. The summed E-state index contributed by atoms with van der Waals surface area (Å²) in [6.07, 6.45) is 2.45. The second kappa shape index (κ2) is 7.87. The standard InChI is InChI=1S/C17H26FNO2/c1-4-19-17(15-7-5-6-8-16(15)18)11-20-14-9-12(2)21-13(3)10-14/h5-8,12-14,17,19H,4,9-11H2,1-3H3. The number of nitrogens with one attached hydrogen (secondary N) is 1. The number of ether oxygens (including phenoxy) is 2.